The van der Waals surface area contributed by atoms with E-state index in [1.807, 2.05) is 6.92 Å². The van der Waals surface area contributed by atoms with Gasteiger partial charge >= 0.3 is 0 Å². The van der Waals surface area contributed by atoms with Crippen LogP contribution in [-0.4, -0.2) is 42.3 Å². The minimum absolute atomic E-state index is 0.0156. The Bertz CT molecular complexity index is 300. The maximum absolute atomic E-state index is 12.0. The largest absolute Gasteiger partial charge is 0.393 e. The highest BCUT2D eigenvalue weighted by molar-refractivity contribution is 7.89. The van der Waals surface area contributed by atoms with Gasteiger partial charge in [-0.2, -0.15) is 4.31 Å². The first kappa shape index (κ1) is 13.9. The van der Waals surface area contributed by atoms with Crippen molar-refractivity contribution in [1.29, 1.82) is 0 Å². The van der Waals surface area contributed by atoms with E-state index < -0.39 is 16.1 Å². The Balaban J connectivity index is 2.63. The molecule has 16 heavy (non-hydrogen) atoms. The number of hydrogen-bond donors (Lipinski definition) is 1. The number of aliphatic hydroxyl groups excluding tert-OH is 1. The van der Waals surface area contributed by atoms with Gasteiger partial charge in [-0.3, -0.25) is 0 Å². The Morgan fingerprint density at radius 3 is 2.75 bits per heavy atom. The van der Waals surface area contributed by atoms with E-state index in [-0.39, 0.29) is 11.8 Å². The molecule has 1 fully saturated rings. The quantitative estimate of drug-likeness (QED) is 0.773. The minimum Gasteiger partial charge on any atom is -0.393 e. The van der Waals surface area contributed by atoms with E-state index in [1.165, 1.54) is 0 Å². The molecule has 0 aromatic carbocycles. The fourth-order valence-electron chi connectivity index (χ4n) is 2.25. The van der Waals surface area contributed by atoms with Gasteiger partial charge in [0.05, 0.1) is 11.9 Å². The van der Waals surface area contributed by atoms with Gasteiger partial charge in [0, 0.05) is 12.6 Å². The van der Waals surface area contributed by atoms with Crippen LogP contribution >= 0.6 is 0 Å². The van der Waals surface area contributed by atoms with Crippen LogP contribution in [0.15, 0.2) is 0 Å². The molecule has 0 radical (unpaired) electrons. The number of aliphatic hydroxyl groups is 1. The molecular weight excluding hydrogens is 226 g/mol. The molecule has 1 rings (SSSR count). The van der Waals surface area contributed by atoms with Crippen molar-refractivity contribution in [2.24, 2.45) is 0 Å². The molecule has 0 aromatic heterocycles. The average molecular weight is 249 g/mol. The Morgan fingerprint density at radius 1 is 1.50 bits per heavy atom. The second kappa shape index (κ2) is 5.98. The topological polar surface area (TPSA) is 57.6 Å². The lowest BCUT2D eigenvalue weighted by Gasteiger charge is -2.24. The third-order valence-corrected chi connectivity index (χ3v) is 5.05. The zero-order valence-corrected chi connectivity index (χ0v) is 11.0. The minimum atomic E-state index is -3.09. The lowest BCUT2D eigenvalue weighted by Crippen LogP contribution is -2.38. The van der Waals surface area contributed by atoms with E-state index in [9.17, 15) is 13.5 Å². The van der Waals surface area contributed by atoms with Gasteiger partial charge in [-0.15, -0.1) is 0 Å². The van der Waals surface area contributed by atoms with Crippen LogP contribution in [0.1, 0.15) is 46.0 Å². The third kappa shape index (κ3) is 3.71. The van der Waals surface area contributed by atoms with Gasteiger partial charge in [0.15, 0.2) is 0 Å². The van der Waals surface area contributed by atoms with E-state index >= 15 is 0 Å². The molecule has 4 nitrogen and oxygen atoms in total. The van der Waals surface area contributed by atoms with Gasteiger partial charge in [0.25, 0.3) is 0 Å². The molecule has 1 saturated heterocycles. The monoisotopic (exact) mass is 249 g/mol. The third-order valence-electron chi connectivity index (χ3n) is 3.05. The van der Waals surface area contributed by atoms with Crippen molar-refractivity contribution in [2.75, 3.05) is 12.3 Å². The highest BCUT2D eigenvalue weighted by atomic mass is 32.2. The van der Waals surface area contributed by atoms with Gasteiger partial charge in [0.1, 0.15) is 0 Å². The molecule has 0 bridgehead atoms. The van der Waals surface area contributed by atoms with E-state index in [2.05, 4.69) is 0 Å². The Morgan fingerprint density at radius 2 is 2.19 bits per heavy atom. The van der Waals surface area contributed by atoms with Crippen molar-refractivity contribution in [2.45, 2.75) is 58.1 Å². The average Bonchev–Trinajstić information content (AvgIpc) is 2.62. The molecule has 1 heterocycles. The molecule has 1 aliphatic heterocycles. The van der Waals surface area contributed by atoms with Crippen LogP contribution in [-0.2, 0) is 10.0 Å². The molecule has 5 heteroatoms. The van der Waals surface area contributed by atoms with Crippen LogP contribution in [0.2, 0.25) is 0 Å². The highest BCUT2D eigenvalue weighted by Crippen LogP contribution is 2.25. The molecule has 2 unspecified atom stereocenters. The molecule has 0 saturated carbocycles. The first-order valence-corrected chi connectivity index (χ1v) is 7.76. The summed E-state index contributed by atoms with van der Waals surface area (Å²) >= 11 is 0. The summed E-state index contributed by atoms with van der Waals surface area (Å²) in [5.74, 6) is 0.250. The van der Waals surface area contributed by atoms with Crippen molar-refractivity contribution in [3.8, 4) is 0 Å². The summed E-state index contributed by atoms with van der Waals surface area (Å²) in [6.07, 6.45) is 3.56. The van der Waals surface area contributed by atoms with Gasteiger partial charge < -0.3 is 5.11 Å². The van der Waals surface area contributed by atoms with Crippen molar-refractivity contribution >= 4 is 10.0 Å². The van der Waals surface area contributed by atoms with Crippen molar-refractivity contribution < 1.29 is 13.5 Å². The summed E-state index contributed by atoms with van der Waals surface area (Å²) in [4.78, 5) is 0. The molecule has 96 valence electrons. The number of nitrogens with zero attached hydrogens (tertiary/aromatic N) is 1. The van der Waals surface area contributed by atoms with Gasteiger partial charge in [-0.1, -0.05) is 13.3 Å². The zero-order valence-electron chi connectivity index (χ0n) is 10.2. The van der Waals surface area contributed by atoms with E-state index in [0.29, 0.717) is 13.0 Å². The molecule has 1 N–H and O–H groups in total. The predicted molar refractivity (Wildman–Crippen MR) is 64.7 cm³/mol. The summed E-state index contributed by atoms with van der Waals surface area (Å²) in [7, 11) is -3.09. The molecular formula is C11H23NO3S. The smallest absolute Gasteiger partial charge is 0.214 e. The van der Waals surface area contributed by atoms with Crippen molar-refractivity contribution in [1.82, 2.24) is 4.31 Å². The van der Waals surface area contributed by atoms with Gasteiger partial charge in [0.2, 0.25) is 10.0 Å². The van der Waals surface area contributed by atoms with Crippen LogP contribution in [0.3, 0.4) is 0 Å². The molecule has 1 aliphatic rings. The fourth-order valence-corrected chi connectivity index (χ4v) is 4.19. The van der Waals surface area contributed by atoms with E-state index in [1.54, 1.807) is 11.2 Å². The SMILES string of the molecule is CCCCS(=O)(=O)N1CCCC1CC(C)O. The van der Waals surface area contributed by atoms with E-state index in [4.69, 9.17) is 0 Å². The second-order valence-electron chi connectivity index (χ2n) is 4.66. The summed E-state index contributed by atoms with van der Waals surface area (Å²) in [5.41, 5.74) is 0. The van der Waals surface area contributed by atoms with Crippen LogP contribution in [0.4, 0.5) is 0 Å². The van der Waals surface area contributed by atoms with Gasteiger partial charge in [-0.25, -0.2) is 8.42 Å². The highest BCUT2D eigenvalue weighted by Gasteiger charge is 2.33. The fraction of sp³-hybridized carbons (Fsp3) is 1.00. The molecule has 0 aromatic rings. The van der Waals surface area contributed by atoms with Crippen LogP contribution in [0.25, 0.3) is 0 Å². The second-order valence-corrected chi connectivity index (χ2v) is 6.70. The lowest BCUT2D eigenvalue weighted by molar-refractivity contribution is 0.158. The first-order chi connectivity index (χ1) is 7.47. The zero-order chi connectivity index (χ0) is 12.2. The van der Waals surface area contributed by atoms with Crippen LogP contribution in [0.5, 0.6) is 0 Å². The predicted octanol–water partition coefficient (Wildman–Crippen LogP) is 1.35. The number of unbranched alkanes of at least 4 members (excludes halogenated alkanes) is 1. The Hall–Kier alpha value is -0.130. The number of rotatable bonds is 6. The number of hydrogen-bond acceptors (Lipinski definition) is 3. The van der Waals surface area contributed by atoms with Crippen LogP contribution < -0.4 is 0 Å². The standard InChI is InChI=1S/C11H23NO3S/c1-3-4-8-16(14,15)12-7-5-6-11(12)9-10(2)13/h10-11,13H,3-9H2,1-2H3. The van der Waals surface area contributed by atoms with Gasteiger partial charge in [-0.05, 0) is 32.6 Å². The number of sulfonamides is 1. The van der Waals surface area contributed by atoms with Crippen LogP contribution in [0, 0.1) is 0 Å². The lowest BCUT2D eigenvalue weighted by atomic mass is 10.1. The molecule has 0 aliphatic carbocycles. The summed E-state index contributed by atoms with van der Waals surface area (Å²) in [5, 5.41) is 9.35. The maximum atomic E-state index is 12.0. The summed E-state index contributed by atoms with van der Waals surface area (Å²) in [6, 6.07) is 0.0156. The van der Waals surface area contributed by atoms with Crippen molar-refractivity contribution in [3.63, 3.8) is 0 Å². The Labute approximate surface area is 98.7 Å². The Kier molecular flexibility index (Phi) is 5.21. The molecule has 2 atom stereocenters. The summed E-state index contributed by atoms with van der Waals surface area (Å²) < 4.78 is 25.7. The molecule has 0 spiro atoms. The first-order valence-electron chi connectivity index (χ1n) is 6.15. The maximum Gasteiger partial charge on any atom is 0.214 e. The molecule has 0 amide bonds. The van der Waals surface area contributed by atoms with Crippen molar-refractivity contribution in [3.05, 3.63) is 0 Å². The summed E-state index contributed by atoms with van der Waals surface area (Å²) in [6.45, 7) is 4.34. The normalized spacial score (nSPS) is 24.8. The van der Waals surface area contributed by atoms with E-state index in [0.717, 1.165) is 25.7 Å².